The molecule has 3 nitrogen and oxygen atoms in total. The van der Waals surface area contributed by atoms with Gasteiger partial charge in [0.05, 0.1) is 0 Å². The third-order valence-electron chi connectivity index (χ3n) is 6.05. The molecule has 0 bridgehead atoms. The van der Waals surface area contributed by atoms with Gasteiger partial charge in [0.2, 0.25) is 5.91 Å². The van der Waals surface area contributed by atoms with E-state index in [0.717, 1.165) is 18.5 Å². The molecular weight excluding hydrogens is 356 g/mol. The molecule has 1 aliphatic rings. The Balaban J connectivity index is 1.51. The Morgan fingerprint density at radius 1 is 1.03 bits per heavy atom. The van der Waals surface area contributed by atoms with Crippen LogP contribution in [0.5, 0.6) is 0 Å². The summed E-state index contributed by atoms with van der Waals surface area (Å²) >= 11 is 0. The minimum atomic E-state index is 0.0173. The van der Waals surface area contributed by atoms with Crippen molar-refractivity contribution in [3.05, 3.63) is 65.2 Å². The van der Waals surface area contributed by atoms with Crippen LogP contribution in [0.15, 0.2) is 48.5 Å². The van der Waals surface area contributed by atoms with Crippen LogP contribution in [0.2, 0.25) is 0 Å². The average Bonchev–Trinajstić information content (AvgIpc) is 2.73. The van der Waals surface area contributed by atoms with Gasteiger partial charge in [-0.2, -0.15) is 0 Å². The van der Waals surface area contributed by atoms with Crippen LogP contribution in [0.1, 0.15) is 62.6 Å². The van der Waals surface area contributed by atoms with Crippen molar-refractivity contribution in [3.63, 3.8) is 0 Å². The molecule has 0 heterocycles. The summed E-state index contributed by atoms with van der Waals surface area (Å²) in [5, 5.41) is 3.01. The minimum Gasteiger partial charge on any atom is -0.326 e. The highest BCUT2D eigenvalue weighted by molar-refractivity contribution is 5.89. The molecule has 2 aromatic carbocycles. The Bertz CT molecular complexity index is 772. The maximum Gasteiger partial charge on any atom is 0.221 e. The molecule has 0 saturated carbocycles. The van der Waals surface area contributed by atoms with Crippen molar-refractivity contribution in [1.82, 2.24) is 4.90 Å². The molecule has 1 amide bonds. The third-order valence-corrected chi connectivity index (χ3v) is 6.05. The second-order valence-corrected chi connectivity index (χ2v) is 8.35. The fourth-order valence-corrected chi connectivity index (χ4v) is 4.64. The van der Waals surface area contributed by atoms with E-state index in [4.69, 9.17) is 0 Å². The first-order valence-electron chi connectivity index (χ1n) is 11.3. The summed E-state index contributed by atoms with van der Waals surface area (Å²) in [7, 11) is 0. The van der Waals surface area contributed by atoms with Crippen LogP contribution in [0.25, 0.3) is 0 Å². The molecule has 0 spiro atoms. The van der Waals surface area contributed by atoms with Crippen molar-refractivity contribution in [2.45, 2.75) is 71.3 Å². The Labute approximate surface area is 176 Å². The van der Waals surface area contributed by atoms with E-state index in [0.29, 0.717) is 6.04 Å². The molecule has 0 radical (unpaired) electrons. The molecular formula is C26H36N2O. The second-order valence-electron chi connectivity index (χ2n) is 8.35. The van der Waals surface area contributed by atoms with Gasteiger partial charge in [0.25, 0.3) is 0 Å². The Hall–Kier alpha value is -2.13. The van der Waals surface area contributed by atoms with Crippen LogP contribution in [0, 0.1) is 0 Å². The van der Waals surface area contributed by atoms with Crippen molar-refractivity contribution >= 4 is 11.6 Å². The molecule has 1 atom stereocenters. The van der Waals surface area contributed by atoms with E-state index in [9.17, 15) is 4.79 Å². The van der Waals surface area contributed by atoms with Crippen LogP contribution in [0.3, 0.4) is 0 Å². The lowest BCUT2D eigenvalue weighted by Crippen LogP contribution is -2.40. The van der Waals surface area contributed by atoms with Crippen LogP contribution in [0.4, 0.5) is 5.69 Å². The summed E-state index contributed by atoms with van der Waals surface area (Å²) in [6.07, 6.45) is 9.60. The van der Waals surface area contributed by atoms with Gasteiger partial charge in [-0.1, -0.05) is 55.8 Å². The van der Waals surface area contributed by atoms with Crippen LogP contribution >= 0.6 is 0 Å². The van der Waals surface area contributed by atoms with Gasteiger partial charge in [0.15, 0.2) is 0 Å². The van der Waals surface area contributed by atoms with Gasteiger partial charge in [-0.15, -0.1) is 0 Å². The lowest BCUT2D eigenvalue weighted by molar-refractivity contribution is -0.114. The molecule has 0 fully saturated rings. The maximum absolute atomic E-state index is 11.5. The molecule has 29 heavy (non-hydrogen) atoms. The van der Waals surface area contributed by atoms with E-state index in [-0.39, 0.29) is 5.91 Å². The normalized spacial score (nSPS) is 15.9. The predicted molar refractivity (Wildman–Crippen MR) is 122 cm³/mol. The van der Waals surface area contributed by atoms with E-state index in [2.05, 4.69) is 59.6 Å². The van der Waals surface area contributed by atoms with Crippen LogP contribution in [-0.4, -0.2) is 29.9 Å². The van der Waals surface area contributed by atoms with Gasteiger partial charge >= 0.3 is 0 Å². The summed E-state index contributed by atoms with van der Waals surface area (Å²) < 4.78 is 0. The first-order chi connectivity index (χ1) is 14.2. The van der Waals surface area contributed by atoms with E-state index >= 15 is 0 Å². The minimum absolute atomic E-state index is 0.0173. The standard InChI is InChI=1S/C26H36N2O/c1-3-18-28(19-9-5-8-13-22-11-6-4-7-12-22)24-16-17-25-23(20-24)14-10-15-26(25)27-21(2)29/h4,6-7,10-12,14-15,24H,3,5,8-9,13,16-20H2,1-2H3,(H,27,29). The van der Waals surface area contributed by atoms with Gasteiger partial charge < -0.3 is 10.2 Å². The number of nitrogens with zero attached hydrogens (tertiary/aromatic N) is 1. The number of carbonyl (C=O) groups excluding carboxylic acids is 1. The SMILES string of the molecule is CCCN(CCCCCc1ccccc1)C1CCc2c(cccc2NC(C)=O)C1. The van der Waals surface area contributed by atoms with Crippen molar-refractivity contribution in [2.24, 2.45) is 0 Å². The molecule has 1 unspecified atom stereocenters. The predicted octanol–water partition coefficient (Wildman–Crippen LogP) is 5.63. The van der Waals surface area contributed by atoms with Gasteiger partial charge in [-0.25, -0.2) is 0 Å². The van der Waals surface area contributed by atoms with Gasteiger partial charge in [-0.3, -0.25) is 4.79 Å². The first-order valence-corrected chi connectivity index (χ1v) is 11.3. The van der Waals surface area contributed by atoms with E-state index in [1.807, 2.05) is 6.07 Å². The number of rotatable bonds is 10. The zero-order valence-corrected chi connectivity index (χ0v) is 18.1. The highest BCUT2D eigenvalue weighted by Gasteiger charge is 2.25. The molecule has 1 N–H and O–H groups in total. The number of hydrogen-bond acceptors (Lipinski definition) is 2. The van der Waals surface area contributed by atoms with E-state index in [1.54, 1.807) is 6.92 Å². The van der Waals surface area contributed by atoms with E-state index in [1.165, 1.54) is 68.3 Å². The largest absolute Gasteiger partial charge is 0.326 e. The summed E-state index contributed by atoms with van der Waals surface area (Å²) in [6.45, 7) is 6.26. The summed E-state index contributed by atoms with van der Waals surface area (Å²) in [6, 6.07) is 17.8. The molecule has 0 aliphatic heterocycles. The quantitative estimate of drug-likeness (QED) is 0.532. The Kier molecular flexibility index (Phi) is 8.30. The molecule has 0 saturated heterocycles. The number of fused-ring (bicyclic) bond motifs is 1. The molecule has 2 aromatic rings. The van der Waals surface area contributed by atoms with Crippen molar-refractivity contribution < 1.29 is 4.79 Å². The third kappa shape index (κ3) is 6.43. The number of amides is 1. The summed E-state index contributed by atoms with van der Waals surface area (Å²) in [5.41, 5.74) is 5.23. The molecule has 156 valence electrons. The number of aryl methyl sites for hydroxylation is 1. The molecule has 1 aliphatic carbocycles. The second kappa shape index (κ2) is 11.2. The van der Waals surface area contributed by atoms with Crippen molar-refractivity contribution in [3.8, 4) is 0 Å². The van der Waals surface area contributed by atoms with Crippen LogP contribution < -0.4 is 5.32 Å². The average molecular weight is 393 g/mol. The molecule has 3 rings (SSSR count). The number of unbranched alkanes of at least 4 members (excludes halogenated alkanes) is 2. The summed E-state index contributed by atoms with van der Waals surface area (Å²) in [4.78, 5) is 14.2. The zero-order chi connectivity index (χ0) is 20.5. The zero-order valence-electron chi connectivity index (χ0n) is 18.1. The number of benzene rings is 2. The van der Waals surface area contributed by atoms with Crippen molar-refractivity contribution in [1.29, 1.82) is 0 Å². The fraction of sp³-hybridized carbons (Fsp3) is 0.500. The Morgan fingerprint density at radius 2 is 1.86 bits per heavy atom. The number of hydrogen-bond donors (Lipinski definition) is 1. The van der Waals surface area contributed by atoms with Gasteiger partial charge in [0, 0.05) is 18.7 Å². The first kappa shape index (κ1) is 21.6. The van der Waals surface area contributed by atoms with Crippen LogP contribution in [-0.2, 0) is 24.1 Å². The van der Waals surface area contributed by atoms with Gasteiger partial charge in [-0.05, 0) is 80.8 Å². The maximum atomic E-state index is 11.5. The van der Waals surface area contributed by atoms with Gasteiger partial charge in [0.1, 0.15) is 0 Å². The molecule has 3 heteroatoms. The highest BCUT2D eigenvalue weighted by atomic mass is 16.1. The number of nitrogens with one attached hydrogen (secondary N) is 1. The topological polar surface area (TPSA) is 32.3 Å². The van der Waals surface area contributed by atoms with Crippen molar-refractivity contribution in [2.75, 3.05) is 18.4 Å². The smallest absolute Gasteiger partial charge is 0.221 e. The number of anilines is 1. The molecule has 0 aromatic heterocycles. The van der Waals surface area contributed by atoms with E-state index < -0.39 is 0 Å². The monoisotopic (exact) mass is 392 g/mol. The summed E-state index contributed by atoms with van der Waals surface area (Å²) in [5.74, 6) is 0.0173. The lowest BCUT2D eigenvalue weighted by atomic mass is 9.86. The highest BCUT2D eigenvalue weighted by Crippen LogP contribution is 2.30. The fourth-order valence-electron chi connectivity index (χ4n) is 4.64. The number of carbonyl (C=O) groups is 1. The lowest BCUT2D eigenvalue weighted by Gasteiger charge is -2.36. The Morgan fingerprint density at radius 3 is 2.62 bits per heavy atom.